The molecule has 0 bridgehead atoms. The molecular weight excluding hydrogens is 701 g/mol. The number of azide groups is 1. The number of hydrogen-bond acceptors (Lipinski definition) is 6. The number of rotatable bonds is 10. The van der Waals surface area contributed by atoms with Gasteiger partial charge in [0.05, 0.1) is 31.1 Å². The maximum Gasteiger partial charge on any atom is 0.407 e. The Hall–Kier alpha value is -4.34. The predicted octanol–water partition coefficient (Wildman–Crippen LogP) is 6.31. The minimum Gasteiger partial charge on any atom is -0.465 e. The van der Waals surface area contributed by atoms with E-state index in [1.54, 1.807) is 0 Å². The fourth-order valence-electron chi connectivity index (χ4n) is 6.63. The Balaban J connectivity index is 1.39. The number of amides is 2. The summed E-state index contributed by atoms with van der Waals surface area (Å²) < 4.78 is 76.0. The minimum absolute atomic E-state index is 0.00502. The largest absolute Gasteiger partial charge is 0.465 e. The standard InChI is InChI=1S/C33H34ClF3N6O6S/c1-50(47,48)43-13-11-33(12-14-43)19-42(32(45)46)18-25(49-33)9-10-26-27(37)3-2-4-28(26)39-31(44)30(40-41-38)29(20-5-7-22(34)8-6-20)21-15-23(35)17-24(36)16-21/h2-8,15-17,25,29-30H,9-14,18-19H2,1H3,(H,39,44)(H,45,46)/t25?,29-,30-/m0/s1. The van der Waals surface area contributed by atoms with Crippen LogP contribution in [-0.4, -0.2) is 84.9 Å². The molecular formula is C33H34ClF3N6O6S. The summed E-state index contributed by atoms with van der Waals surface area (Å²) in [5.41, 5.74) is 9.00. The highest BCUT2D eigenvalue weighted by atomic mass is 35.5. The van der Waals surface area contributed by atoms with Crippen LogP contribution in [0.4, 0.5) is 23.7 Å². The van der Waals surface area contributed by atoms with Crippen molar-refractivity contribution in [2.24, 2.45) is 5.11 Å². The second-order valence-electron chi connectivity index (χ2n) is 12.4. The number of hydrogen-bond donors (Lipinski definition) is 2. The summed E-state index contributed by atoms with van der Waals surface area (Å²) in [5.74, 6) is -4.57. The molecule has 0 saturated carbocycles. The number of nitrogens with zero attached hydrogens (tertiary/aromatic N) is 5. The van der Waals surface area contributed by atoms with Crippen LogP contribution in [0, 0.1) is 17.5 Å². The first-order valence-corrected chi connectivity index (χ1v) is 17.9. The van der Waals surface area contributed by atoms with Crippen LogP contribution in [0.1, 0.15) is 41.9 Å². The number of carbonyl (C=O) groups is 2. The molecule has 2 amide bonds. The van der Waals surface area contributed by atoms with Gasteiger partial charge in [-0.3, -0.25) is 4.79 Å². The van der Waals surface area contributed by atoms with Gasteiger partial charge in [0.2, 0.25) is 15.9 Å². The molecule has 2 aliphatic rings. The summed E-state index contributed by atoms with van der Waals surface area (Å²) >= 11 is 6.05. The highest BCUT2D eigenvalue weighted by Crippen LogP contribution is 2.36. The Morgan fingerprint density at radius 1 is 1.10 bits per heavy atom. The van der Waals surface area contributed by atoms with Crippen molar-refractivity contribution in [2.75, 3.05) is 37.8 Å². The molecule has 12 nitrogen and oxygen atoms in total. The second-order valence-corrected chi connectivity index (χ2v) is 14.8. The number of morpholine rings is 1. The fourth-order valence-corrected chi connectivity index (χ4v) is 7.61. The normalized spacial score (nSPS) is 19.0. The number of halogens is 4. The van der Waals surface area contributed by atoms with E-state index in [4.69, 9.17) is 16.3 Å². The van der Waals surface area contributed by atoms with Crippen LogP contribution in [0.2, 0.25) is 5.02 Å². The lowest BCUT2D eigenvalue weighted by Crippen LogP contribution is -2.61. The van der Waals surface area contributed by atoms with Gasteiger partial charge in [-0.2, -0.15) is 0 Å². The zero-order valence-electron chi connectivity index (χ0n) is 26.8. The van der Waals surface area contributed by atoms with Crippen LogP contribution in [-0.2, 0) is 26.0 Å². The minimum atomic E-state index is -3.44. The highest BCUT2D eigenvalue weighted by Gasteiger charge is 2.45. The Morgan fingerprint density at radius 3 is 2.36 bits per heavy atom. The third-order valence-corrected chi connectivity index (χ3v) is 10.6. The molecule has 0 aromatic heterocycles. The van der Waals surface area contributed by atoms with Gasteiger partial charge in [0.15, 0.2) is 0 Å². The van der Waals surface area contributed by atoms with Gasteiger partial charge < -0.3 is 20.1 Å². The van der Waals surface area contributed by atoms with Crippen LogP contribution in [0.15, 0.2) is 65.8 Å². The number of benzene rings is 3. The number of carboxylic acid groups (broad SMARTS) is 1. The number of piperidine rings is 1. The van der Waals surface area contributed by atoms with Crippen molar-refractivity contribution in [1.82, 2.24) is 9.21 Å². The van der Waals surface area contributed by atoms with Gasteiger partial charge in [0.25, 0.3) is 0 Å². The van der Waals surface area contributed by atoms with E-state index in [9.17, 15) is 37.4 Å². The lowest BCUT2D eigenvalue weighted by atomic mass is 9.84. The molecule has 1 unspecified atom stereocenters. The van der Waals surface area contributed by atoms with E-state index in [-0.39, 0.29) is 68.7 Å². The van der Waals surface area contributed by atoms with E-state index in [0.29, 0.717) is 16.7 Å². The first-order chi connectivity index (χ1) is 23.7. The van der Waals surface area contributed by atoms with Crippen LogP contribution < -0.4 is 5.32 Å². The van der Waals surface area contributed by atoms with Crippen molar-refractivity contribution in [1.29, 1.82) is 0 Å². The van der Waals surface area contributed by atoms with Gasteiger partial charge in [0.1, 0.15) is 23.5 Å². The molecule has 2 saturated heterocycles. The Morgan fingerprint density at radius 2 is 1.76 bits per heavy atom. The third kappa shape index (κ3) is 8.68. The quantitative estimate of drug-likeness (QED) is 0.141. The van der Waals surface area contributed by atoms with Gasteiger partial charge in [-0.15, -0.1) is 0 Å². The fraction of sp³-hybridized carbons (Fsp3) is 0.394. The van der Waals surface area contributed by atoms with Gasteiger partial charge in [0, 0.05) is 46.3 Å². The van der Waals surface area contributed by atoms with Crippen molar-refractivity contribution in [3.05, 3.63) is 110 Å². The summed E-state index contributed by atoms with van der Waals surface area (Å²) in [7, 11) is -3.44. The Labute approximate surface area is 291 Å². The summed E-state index contributed by atoms with van der Waals surface area (Å²) in [4.78, 5) is 30.0. The number of nitrogens with one attached hydrogen (secondary N) is 1. The van der Waals surface area contributed by atoms with Crippen molar-refractivity contribution < 1.29 is 41.0 Å². The number of anilines is 1. The molecule has 3 atom stereocenters. The molecule has 2 aliphatic heterocycles. The Bertz CT molecular complexity index is 1890. The van der Waals surface area contributed by atoms with Crippen LogP contribution in [0.3, 0.4) is 0 Å². The molecule has 5 rings (SSSR count). The summed E-state index contributed by atoms with van der Waals surface area (Å²) in [6.45, 7) is 0.374. The van der Waals surface area contributed by atoms with E-state index in [1.807, 2.05) is 0 Å². The predicted molar refractivity (Wildman–Crippen MR) is 179 cm³/mol. The summed E-state index contributed by atoms with van der Waals surface area (Å²) in [5, 5.41) is 16.5. The van der Waals surface area contributed by atoms with Gasteiger partial charge in [-0.25, -0.2) is 30.7 Å². The molecule has 0 radical (unpaired) electrons. The first kappa shape index (κ1) is 36.9. The van der Waals surface area contributed by atoms with Gasteiger partial charge in [-0.05, 0) is 78.7 Å². The summed E-state index contributed by atoms with van der Waals surface area (Å²) in [6.07, 6.45) is -0.0642. The average Bonchev–Trinajstić information content (AvgIpc) is 3.04. The number of carbonyl (C=O) groups excluding carboxylic acids is 1. The van der Waals surface area contributed by atoms with E-state index in [1.165, 1.54) is 51.7 Å². The monoisotopic (exact) mass is 734 g/mol. The molecule has 3 aromatic carbocycles. The van der Waals surface area contributed by atoms with Crippen LogP contribution in [0.5, 0.6) is 0 Å². The molecule has 0 aliphatic carbocycles. The van der Waals surface area contributed by atoms with E-state index < -0.39 is 63.1 Å². The first-order valence-electron chi connectivity index (χ1n) is 15.6. The molecule has 17 heteroatoms. The molecule has 2 heterocycles. The van der Waals surface area contributed by atoms with Crippen molar-refractivity contribution in [3.8, 4) is 0 Å². The summed E-state index contributed by atoms with van der Waals surface area (Å²) in [6, 6.07) is 11.2. The lowest BCUT2D eigenvalue weighted by molar-refractivity contribution is -0.166. The van der Waals surface area contributed by atoms with Crippen molar-refractivity contribution in [2.45, 2.75) is 49.3 Å². The molecule has 50 heavy (non-hydrogen) atoms. The number of sulfonamides is 1. The third-order valence-electron chi connectivity index (χ3n) is 9.02. The highest BCUT2D eigenvalue weighted by molar-refractivity contribution is 7.88. The smallest absolute Gasteiger partial charge is 0.407 e. The van der Waals surface area contributed by atoms with Crippen LogP contribution in [0.25, 0.3) is 10.4 Å². The van der Waals surface area contributed by atoms with Crippen LogP contribution >= 0.6 is 11.6 Å². The van der Waals surface area contributed by atoms with E-state index in [2.05, 4.69) is 15.3 Å². The van der Waals surface area contributed by atoms with E-state index in [0.717, 1.165) is 18.4 Å². The number of ether oxygens (including phenoxy) is 1. The molecule has 2 N–H and O–H groups in total. The SMILES string of the molecule is CS(=O)(=O)N1CCC2(CC1)CN(C(=O)O)CC(CCc1c(F)cccc1NC(=O)[C@@H](N=[N+]=[N-])[C@@H](c1ccc(Cl)cc1)c1cc(F)cc(F)c1)O2. The zero-order valence-corrected chi connectivity index (χ0v) is 28.4. The molecule has 2 fully saturated rings. The van der Waals surface area contributed by atoms with Gasteiger partial charge >= 0.3 is 6.09 Å². The topological polar surface area (TPSA) is 165 Å². The van der Waals surface area contributed by atoms with Crippen molar-refractivity contribution in [3.63, 3.8) is 0 Å². The Kier molecular flexibility index (Phi) is 11.3. The second kappa shape index (κ2) is 15.3. The molecule has 3 aromatic rings. The molecule has 1 spiro atoms. The maximum atomic E-state index is 15.4. The van der Waals surface area contributed by atoms with Gasteiger partial charge in [-0.1, -0.05) is 34.9 Å². The lowest BCUT2D eigenvalue weighted by Gasteiger charge is -2.49. The zero-order chi connectivity index (χ0) is 36.2. The maximum absolute atomic E-state index is 15.4. The van der Waals surface area contributed by atoms with Crippen molar-refractivity contribution >= 4 is 39.3 Å². The average molecular weight is 735 g/mol. The molecule has 266 valence electrons. The van der Waals surface area contributed by atoms with E-state index >= 15 is 4.39 Å².